The SMILES string of the molecule is CC1=CCCc2nn(C)cc21. The summed E-state index contributed by atoms with van der Waals surface area (Å²) in [7, 11) is 1.98. The van der Waals surface area contributed by atoms with Gasteiger partial charge >= 0.3 is 0 Å². The highest BCUT2D eigenvalue weighted by molar-refractivity contribution is 5.66. The van der Waals surface area contributed by atoms with Crippen molar-refractivity contribution in [3.63, 3.8) is 0 Å². The molecule has 2 heteroatoms. The maximum Gasteiger partial charge on any atom is 0.0702 e. The van der Waals surface area contributed by atoms with Crippen molar-refractivity contribution >= 4 is 5.57 Å². The molecule has 0 unspecified atom stereocenters. The van der Waals surface area contributed by atoms with Crippen molar-refractivity contribution in [2.45, 2.75) is 19.8 Å². The van der Waals surface area contributed by atoms with E-state index in [1.54, 1.807) is 0 Å². The Morgan fingerprint density at radius 2 is 2.36 bits per heavy atom. The highest BCUT2D eigenvalue weighted by atomic mass is 15.2. The van der Waals surface area contributed by atoms with Crippen molar-refractivity contribution in [3.8, 4) is 0 Å². The molecule has 0 amide bonds. The molecule has 0 fully saturated rings. The summed E-state index contributed by atoms with van der Waals surface area (Å²) in [6, 6.07) is 0. The van der Waals surface area contributed by atoms with Gasteiger partial charge in [-0.3, -0.25) is 4.68 Å². The Hall–Kier alpha value is -1.05. The lowest BCUT2D eigenvalue weighted by atomic mass is 9.99. The third-order valence-corrected chi connectivity index (χ3v) is 2.16. The first-order valence-electron chi connectivity index (χ1n) is 3.97. The van der Waals surface area contributed by atoms with Crippen molar-refractivity contribution < 1.29 is 0 Å². The quantitative estimate of drug-likeness (QED) is 0.548. The number of fused-ring (bicyclic) bond motifs is 1. The summed E-state index contributed by atoms with van der Waals surface area (Å²) in [5.74, 6) is 0. The maximum absolute atomic E-state index is 4.38. The minimum absolute atomic E-state index is 1.10. The fourth-order valence-corrected chi connectivity index (χ4v) is 1.58. The number of hydrogen-bond donors (Lipinski definition) is 0. The van der Waals surface area contributed by atoms with Crippen LogP contribution in [0.15, 0.2) is 12.3 Å². The van der Waals surface area contributed by atoms with E-state index >= 15 is 0 Å². The van der Waals surface area contributed by atoms with Gasteiger partial charge in [0.1, 0.15) is 0 Å². The maximum atomic E-state index is 4.38. The topological polar surface area (TPSA) is 17.8 Å². The summed E-state index contributed by atoms with van der Waals surface area (Å²) in [6.45, 7) is 2.15. The molecule has 0 aromatic carbocycles. The van der Waals surface area contributed by atoms with Gasteiger partial charge < -0.3 is 0 Å². The number of aryl methyl sites for hydroxylation is 2. The van der Waals surface area contributed by atoms with E-state index in [0.717, 1.165) is 12.8 Å². The number of nitrogens with zero attached hydrogens (tertiary/aromatic N) is 2. The lowest BCUT2D eigenvalue weighted by Crippen LogP contribution is -1.95. The van der Waals surface area contributed by atoms with Crippen LogP contribution in [0.1, 0.15) is 24.6 Å². The van der Waals surface area contributed by atoms with Crippen molar-refractivity contribution in [2.24, 2.45) is 7.05 Å². The first-order valence-corrected chi connectivity index (χ1v) is 3.97. The Bertz CT molecular complexity index is 307. The standard InChI is InChI=1S/C9H12N2/c1-7-4-3-5-9-8(7)6-11(2)10-9/h4,6H,3,5H2,1-2H3. The molecule has 1 aliphatic carbocycles. The molecule has 0 aliphatic heterocycles. The van der Waals surface area contributed by atoms with Gasteiger partial charge in [0, 0.05) is 18.8 Å². The zero-order valence-corrected chi connectivity index (χ0v) is 6.96. The lowest BCUT2D eigenvalue weighted by molar-refractivity contribution is 0.739. The zero-order chi connectivity index (χ0) is 7.84. The Morgan fingerprint density at radius 3 is 3.09 bits per heavy atom. The number of aromatic nitrogens is 2. The van der Waals surface area contributed by atoms with Crippen LogP contribution in [0.3, 0.4) is 0 Å². The molecule has 1 heterocycles. The van der Waals surface area contributed by atoms with Crippen LogP contribution in [0.2, 0.25) is 0 Å². The molecule has 0 N–H and O–H groups in total. The van der Waals surface area contributed by atoms with Crippen LogP contribution in [0.5, 0.6) is 0 Å². The molecular weight excluding hydrogens is 136 g/mol. The Labute approximate surface area is 66.5 Å². The van der Waals surface area contributed by atoms with E-state index in [9.17, 15) is 0 Å². The number of allylic oxidation sites excluding steroid dienone is 2. The average molecular weight is 148 g/mol. The predicted molar refractivity (Wildman–Crippen MR) is 45.2 cm³/mol. The summed E-state index contributed by atoms with van der Waals surface area (Å²) in [4.78, 5) is 0. The third kappa shape index (κ3) is 0.985. The zero-order valence-electron chi connectivity index (χ0n) is 6.96. The van der Waals surface area contributed by atoms with Gasteiger partial charge in [0.15, 0.2) is 0 Å². The summed E-state index contributed by atoms with van der Waals surface area (Å²) in [5, 5.41) is 4.38. The van der Waals surface area contributed by atoms with Gasteiger partial charge in [-0.15, -0.1) is 0 Å². The summed E-state index contributed by atoms with van der Waals surface area (Å²) < 4.78 is 1.90. The molecule has 0 atom stereocenters. The number of hydrogen-bond acceptors (Lipinski definition) is 1. The van der Waals surface area contributed by atoms with Crippen molar-refractivity contribution in [3.05, 3.63) is 23.5 Å². The van der Waals surface area contributed by atoms with Gasteiger partial charge in [0.05, 0.1) is 5.69 Å². The fourth-order valence-electron chi connectivity index (χ4n) is 1.58. The van der Waals surface area contributed by atoms with Gasteiger partial charge in [0.25, 0.3) is 0 Å². The molecule has 1 aromatic heterocycles. The first kappa shape index (κ1) is 6.65. The minimum Gasteiger partial charge on any atom is -0.275 e. The van der Waals surface area contributed by atoms with Crippen LogP contribution in [-0.2, 0) is 13.5 Å². The normalized spacial score (nSPS) is 16.0. The lowest BCUT2D eigenvalue weighted by Gasteiger charge is -2.06. The second-order valence-corrected chi connectivity index (χ2v) is 3.09. The highest BCUT2D eigenvalue weighted by Gasteiger charge is 2.11. The minimum atomic E-state index is 1.10. The largest absolute Gasteiger partial charge is 0.275 e. The van der Waals surface area contributed by atoms with Crippen LogP contribution < -0.4 is 0 Å². The Morgan fingerprint density at radius 1 is 1.55 bits per heavy atom. The van der Waals surface area contributed by atoms with Crippen LogP contribution in [-0.4, -0.2) is 9.78 Å². The van der Waals surface area contributed by atoms with E-state index in [4.69, 9.17) is 0 Å². The van der Waals surface area contributed by atoms with E-state index in [-0.39, 0.29) is 0 Å². The summed E-state index contributed by atoms with van der Waals surface area (Å²) in [6.07, 6.45) is 6.63. The first-order chi connectivity index (χ1) is 5.27. The van der Waals surface area contributed by atoms with Crippen LogP contribution in [0.25, 0.3) is 5.57 Å². The van der Waals surface area contributed by atoms with E-state index in [1.165, 1.54) is 16.8 Å². The molecular formula is C9H12N2. The molecule has 2 rings (SSSR count). The van der Waals surface area contributed by atoms with E-state index in [2.05, 4.69) is 24.3 Å². The molecule has 1 aromatic rings. The number of rotatable bonds is 0. The summed E-state index contributed by atoms with van der Waals surface area (Å²) in [5.41, 5.74) is 3.96. The molecule has 0 saturated carbocycles. The van der Waals surface area contributed by atoms with Gasteiger partial charge in [-0.05, 0) is 25.3 Å². The van der Waals surface area contributed by atoms with E-state index in [1.807, 2.05) is 11.7 Å². The van der Waals surface area contributed by atoms with Crippen molar-refractivity contribution in [1.29, 1.82) is 0 Å². The predicted octanol–water partition coefficient (Wildman–Crippen LogP) is 1.77. The van der Waals surface area contributed by atoms with Crippen LogP contribution in [0, 0.1) is 0 Å². The second-order valence-electron chi connectivity index (χ2n) is 3.09. The summed E-state index contributed by atoms with van der Waals surface area (Å²) >= 11 is 0. The van der Waals surface area contributed by atoms with Crippen molar-refractivity contribution in [1.82, 2.24) is 9.78 Å². The molecule has 1 aliphatic rings. The van der Waals surface area contributed by atoms with Gasteiger partial charge in [-0.2, -0.15) is 5.10 Å². The molecule has 0 saturated heterocycles. The van der Waals surface area contributed by atoms with Gasteiger partial charge in [-0.1, -0.05) is 6.08 Å². The van der Waals surface area contributed by atoms with Crippen molar-refractivity contribution in [2.75, 3.05) is 0 Å². The molecule has 2 nitrogen and oxygen atoms in total. The second kappa shape index (κ2) is 2.22. The highest BCUT2D eigenvalue weighted by Crippen LogP contribution is 2.23. The molecule has 0 radical (unpaired) electrons. The van der Waals surface area contributed by atoms with Crippen LogP contribution in [0.4, 0.5) is 0 Å². The third-order valence-electron chi connectivity index (χ3n) is 2.16. The Kier molecular flexibility index (Phi) is 1.34. The molecule has 58 valence electrons. The smallest absolute Gasteiger partial charge is 0.0702 e. The average Bonchev–Trinajstić information content (AvgIpc) is 2.31. The monoisotopic (exact) mass is 148 g/mol. The molecule has 0 spiro atoms. The van der Waals surface area contributed by atoms with Crippen LogP contribution >= 0.6 is 0 Å². The molecule has 11 heavy (non-hydrogen) atoms. The Balaban J connectivity index is 2.55. The van der Waals surface area contributed by atoms with Gasteiger partial charge in [-0.25, -0.2) is 0 Å². The van der Waals surface area contributed by atoms with Gasteiger partial charge in [0.2, 0.25) is 0 Å². The van der Waals surface area contributed by atoms with E-state index < -0.39 is 0 Å². The van der Waals surface area contributed by atoms with E-state index in [0.29, 0.717) is 0 Å². The fraction of sp³-hybridized carbons (Fsp3) is 0.444. The molecule has 0 bridgehead atoms.